The first-order valence-electron chi connectivity index (χ1n) is 17.1. The smallest absolute Gasteiger partial charge is 0.253 e. The largest absolute Gasteiger partial charge is 0.395 e. The molecular formula is C29H55N7O14. The minimum atomic E-state index is -1.80. The van der Waals surface area contributed by atoms with E-state index in [0.717, 1.165) is 0 Å². The second-order valence-electron chi connectivity index (χ2n) is 13.9. The number of nitrogens with two attached hydrogens (primary N) is 5. The normalized spacial score (nSPS) is 49.5. The zero-order chi connectivity index (χ0) is 36.5. The van der Waals surface area contributed by atoms with Crippen molar-refractivity contribution in [1.29, 1.82) is 0 Å². The van der Waals surface area contributed by atoms with E-state index in [9.17, 15) is 35.4 Å². The van der Waals surface area contributed by atoms with Crippen LogP contribution >= 0.6 is 0 Å². The first kappa shape index (κ1) is 39.9. The molecule has 3 saturated heterocycles. The van der Waals surface area contributed by atoms with Crippen LogP contribution in [0.1, 0.15) is 25.7 Å². The summed E-state index contributed by atoms with van der Waals surface area (Å²) < 4.78 is 35.9. The topological polar surface area (TPSA) is 368 Å². The average Bonchev–Trinajstić information content (AvgIpc) is 3.61. The Balaban J connectivity index is 1.33. The van der Waals surface area contributed by atoms with Gasteiger partial charge in [-0.1, -0.05) is 0 Å². The summed E-state index contributed by atoms with van der Waals surface area (Å²) in [6.45, 7) is -0.138. The fourth-order valence-electron chi connectivity index (χ4n) is 6.91. The number of hydrogen-bond donors (Lipinski definition) is 14. The standard InChI is InChI=1S/C29H55N7O14/c30-7-14-19(40)20(41)17(34)26(46-14)49-23-15(9-38)47-27(21(23)42)50-24-18(39)13(36-28(43)29(44)6-16(29)33)5-12(32)22(24)48-25-11(31)2-1-10(45-25)8-35-3-4-37/h10-27,35,37-42,44H,1-9,30-34H2,(H,36,43)/t10-,11+,12-,13+,14-,15+,16?,17+,18-,19+,20+,21+,22+,23+,24+,25+,26+,27-,29?/m0/s1. The zero-order valence-corrected chi connectivity index (χ0v) is 27.6. The highest BCUT2D eigenvalue weighted by Gasteiger charge is 2.59. The van der Waals surface area contributed by atoms with Gasteiger partial charge >= 0.3 is 0 Å². The van der Waals surface area contributed by atoms with Gasteiger partial charge in [-0.2, -0.15) is 0 Å². The van der Waals surface area contributed by atoms with Crippen molar-refractivity contribution in [3.8, 4) is 0 Å². The molecule has 0 radical (unpaired) electrons. The summed E-state index contributed by atoms with van der Waals surface area (Å²) in [5.41, 5.74) is 28.6. The van der Waals surface area contributed by atoms with Crippen molar-refractivity contribution in [1.82, 2.24) is 10.6 Å². The molecule has 0 spiro atoms. The maximum atomic E-state index is 12.9. The summed E-state index contributed by atoms with van der Waals surface area (Å²) in [6, 6.07) is -4.62. The van der Waals surface area contributed by atoms with Gasteiger partial charge in [-0.15, -0.1) is 0 Å². The highest BCUT2D eigenvalue weighted by atomic mass is 16.8. The molecule has 5 rings (SSSR count). The molecule has 2 saturated carbocycles. The number of aliphatic hydroxyl groups is 7. The maximum Gasteiger partial charge on any atom is 0.253 e. The quantitative estimate of drug-likeness (QED) is 0.0739. The number of nitrogens with one attached hydrogen (secondary N) is 2. The van der Waals surface area contributed by atoms with Crippen molar-refractivity contribution in [3.05, 3.63) is 0 Å². The van der Waals surface area contributed by atoms with Crippen LogP contribution in [-0.2, 0) is 33.2 Å². The summed E-state index contributed by atoms with van der Waals surface area (Å²) in [7, 11) is 0. The van der Waals surface area contributed by atoms with Crippen LogP contribution in [0.2, 0.25) is 0 Å². The molecule has 290 valence electrons. The van der Waals surface area contributed by atoms with E-state index in [1.807, 2.05) is 0 Å². The molecule has 3 heterocycles. The number of hydrogen-bond acceptors (Lipinski definition) is 20. The Kier molecular flexibility index (Phi) is 13.4. The van der Waals surface area contributed by atoms with Gasteiger partial charge in [-0.05, 0) is 19.3 Å². The third-order valence-corrected chi connectivity index (χ3v) is 10.2. The monoisotopic (exact) mass is 725 g/mol. The summed E-state index contributed by atoms with van der Waals surface area (Å²) in [5, 5.41) is 79.0. The molecule has 2 unspecified atom stereocenters. The predicted octanol–water partition coefficient (Wildman–Crippen LogP) is -8.59. The third-order valence-electron chi connectivity index (χ3n) is 10.2. The molecule has 1 amide bonds. The van der Waals surface area contributed by atoms with E-state index in [4.69, 9.17) is 62.2 Å². The first-order valence-corrected chi connectivity index (χ1v) is 17.1. The molecular weight excluding hydrogens is 670 g/mol. The Bertz CT molecular complexity index is 1120. The van der Waals surface area contributed by atoms with E-state index in [2.05, 4.69) is 10.6 Å². The molecule has 2 aliphatic carbocycles. The molecule has 19 N–H and O–H groups in total. The summed E-state index contributed by atoms with van der Waals surface area (Å²) in [5.74, 6) is -0.798. The number of carbonyl (C=O) groups is 1. The number of carbonyl (C=O) groups excluding carboxylic acids is 1. The van der Waals surface area contributed by atoms with Crippen molar-refractivity contribution in [2.24, 2.45) is 28.7 Å². The van der Waals surface area contributed by atoms with Crippen molar-refractivity contribution in [2.75, 3.05) is 32.8 Å². The molecule has 0 aromatic carbocycles. The van der Waals surface area contributed by atoms with Gasteiger partial charge in [0.25, 0.3) is 5.91 Å². The second kappa shape index (κ2) is 16.8. The van der Waals surface area contributed by atoms with Crippen LogP contribution in [0.5, 0.6) is 0 Å². The number of rotatable bonds is 14. The molecule has 21 nitrogen and oxygen atoms in total. The lowest BCUT2D eigenvalue weighted by molar-refractivity contribution is -0.290. The van der Waals surface area contributed by atoms with Gasteiger partial charge in [0, 0.05) is 38.1 Å². The summed E-state index contributed by atoms with van der Waals surface area (Å²) in [4.78, 5) is 12.9. The Hall–Kier alpha value is -1.29. The Morgan fingerprint density at radius 3 is 2.10 bits per heavy atom. The molecule has 0 bridgehead atoms. The fraction of sp³-hybridized carbons (Fsp3) is 0.966. The van der Waals surface area contributed by atoms with Gasteiger partial charge < -0.3 is 103 Å². The minimum absolute atomic E-state index is 0.0291. The first-order chi connectivity index (χ1) is 23.7. The SMILES string of the molecule is NC[C@@H]1O[C@H](O[C@H]2[C@@H](O)[C@H](O[C@@H]3[C@@H](O)[C@H](NC(=O)C4(O)CC4N)C[C@H](N)[C@H]3O[C@H]3O[C@H](CNCCO)CC[C@H]3N)O[C@@H]2CO)[C@H](N)[C@@H](O)[C@@H]1O. The van der Waals surface area contributed by atoms with E-state index in [1.165, 1.54) is 0 Å². The lowest BCUT2D eigenvalue weighted by atomic mass is 9.83. The van der Waals surface area contributed by atoms with Gasteiger partial charge in [0.05, 0.1) is 37.4 Å². The second-order valence-corrected chi connectivity index (χ2v) is 13.9. The molecule has 19 atom stereocenters. The number of ether oxygens (including phenoxy) is 6. The fourth-order valence-corrected chi connectivity index (χ4v) is 6.91. The van der Waals surface area contributed by atoms with Crippen LogP contribution in [0.25, 0.3) is 0 Å². The average molecular weight is 726 g/mol. The maximum absolute atomic E-state index is 12.9. The molecule has 21 heteroatoms. The van der Waals surface area contributed by atoms with Crippen LogP contribution in [0.15, 0.2) is 0 Å². The lowest BCUT2D eigenvalue weighted by Gasteiger charge is -2.46. The van der Waals surface area contributed by atoms with Gasteiger partial charge in [-0.3, -0.25) is 4.79 Å². The van der Waals surface area contributed by atoms with Crippen molar-refractivity contribution in [3.63, 3.8) is 0 Å². The highest BCUT2D eigenvalue weighted by molar-refractivity contribution is 5.89. The van der Waals surface area contributed by atoms with Crippen molar-refractivity contribution >= 4 is 5.91 Å². The van der Waals surface area contributed by atoms with Crippen molar-refractivity contribution < 1.29 is 69.0 Å². The molecule has 3 aliphatic heterocycles. The van der Waals surface area contributed by atoms with Gasteiger partial charge in [0.15, 0.2) is 24.5 Å². The highest BCUT2D eigenvalue weighted by Crippen LogP contribution is 2.37. The van der Waals surface area contributed by atoms with Crippen molar-refractivity contribution in [2.45, 2.75) is 141 Å². The molecule has 50 heavy (non-hydrogen) atoms. The van der Waals surface area contributed by atoms with Crippen LogP contribution in [0.3, 0.4) is 0 Å². The molecule has 0 aromatic heterocycles. The Morgan fingerprint density at radius 2 is 1.46 bits per heavy atom. The summed E-state index contributed by atoms with van der Waals surface area (Å²) >= 11 is 0. The van der Waals surface area contributed by atoms with Crippen LogP contribution < -0.4 is 39.3 Å². The van der Waals surface area contributed by atoms with E-state index in [0.29, 0.717) is 25.9 Å². The molecule has 5 fully saturated rings. The van der Waals surface area contributed by atoms with Crippen LogP contribution in [-0.4, -0.2) is 190 Å². The van der Waals surface area contributed by atoms with E-state index >= 15 is 0 Å². The zero-order valence-electron chi connectivity index (χ0n) is 27.6. The van der Waals surface area contributed by atoms with E-state index < -0.39 is 122 Å². The lowest BCUT2D eigenvalue weighted by Crippen LogP contribution is -2.67. The van der Waals surface area contributed by atoms with Crippen LogP contribution in [0, 0.1) is 0 Å². The van der Waals surface area contributed by atoms with Gasteiger partial charge in [0.1, 0.15) is 54.9 Å². The number of aliphatic hydroxyl groups excluding tert-OH is 6. The summed E-state index contributed by atoms with van der Waals surface area (Å²) in [6.07, 6.45) is -15.4. The van der Waals surface area contributed by atoms with Gasteiger partial charge in [-0.25, -0.2) is 0 Å². The van der Waals surface area contributed by atoms with E-state index in [-0.39, 0.29) is 32.1 Å². The Morgan fingerprint density at radius 1 is 0.800 bits per heavy atom. The third kappa shape index (κ3) is 8.41. The van der Waals surface area contributed by atoms with E-state index in [1.54, 1.807) is 0 Å². The molecule has 5 aliphatic rings. The van der Waals surface area contributed by atoms with Crippen LogP contribution in [0.4, 0.5) is 0 Å². The molecule has 0 aromatic rings. The number of amides is 1. The van der Waals surface area contributed by atoms with Gasteiger partial charge in [0.2, 0.25) is 0 Å². The minimum Gasteiger partial charge on any atom is -0.395 e. The predicted molar refractivity (Wildman–Crippen MR) is 168 cm³/mol. The Labute approximate surface area is 288 Å².